The number of aromatic nitrogens is 2. The number of nitrogen functional groups attached to an aromatic ring is 1. The Bertz CT molecular complexity index is 360. The number of hydrogen-bond acceptors (Lipinski definition) is 4. The molecule has 0 saturated heterocycles. The van der Waals surface area contributed by atoms with Crippen molar-refractivity contribution < 1.29 is 4.43 Å². The first kappa shape index (κ1) is 13.1. The minimum absolute atomic E-state index is 0.214. The summed E-state index contributed by atoms with van der Waals surface area (Å²) in [6.07, 6.45) is 1.47. The molecule has 1 heterocycles. The molecule has 2 N–H and O–H groups in total. The summed E-state index contributed by atoms with van der Waals surface area (Å²) >= 11 is 0. The number of anilines is 1. The maximum Gasteiger partial charge on any atom is 0.192 e. The van der Waals surface area contributed by atoms with Crippen LogP contribution >= 0.6 is 0 Å². The van der Waals surface area contributed by atoms with Crippen molar-refractivity contribution in [3.05, 3.63) is 18.1 Å². The second kappa shape index (κ2) is 4.51. The summed E-state index contributed by atoms with van der Waals surface area (Å²) < 4.78 is 6.03. The van der Waals surface area contributed by atoms with Gasteiger partial charge in [0, 0.05) is 6.07 Å². The third kappa shape index (κ3) is 3.28. The molecule has 0 aliphatic carbocycles. The lowest BCUT2D eigenvalue weighted by molar-refractivity contribution is 0.272. The summed E-state index contributed by atoms with van der Waals surface area (Å²) in [5, 5.41) is 0.214. The van der Waals surface area contributed by atoms with E-state index in [4.69, 9.17) is 10.2 Å². The van der Waals surface area contributed by atoms with Crippen molar-refractivity contribution in [2.45, 2.75) is 45.5 Å². The first-order chi connectivity index (χ1) is 7.22. The summed E-state index contributed by atoms with van der Waals surface area (Å²) in [5.74, 6) is 0.490. The van der Waals surface area contributed by atoms with Gasteiger partial charge in [0.1, 0.15) is 12.1 Å². The maximum absolute atomic E-state index is 6.03. The summed E-state index contributed by atoms with van der Waals surface area (Å²) in [4.78, 5) is 7.99. The normalized spacial score (nSPS) is 12.8. The van der Waals surface area contributed by atoms with Crippen LogP contribution in [0.4, 0.5) is 5.82 Å². The Kier molecular flexibility index (Phi) is 3.70. The van der Waals surface area contributed by atoms with E-state index in [1.54, 1.807) is 6.07 Å². The van der Waals surface area contributed by atoms with Crippen molar-refractivity contribution >= 4 is 14.1 Å². The Hall–Kier alpha value is -0.943. The summed E-state index contributed by atoms with van der Waals surface area (Å²) in [6.45, 7) is 11.6. The highest BCUT2D eigenvalue weighted by molar-refractivity contribution is 6.74. The van der Waals surface area contributed by atoms with Gasteiger partial charge in [-0.15, -0.1) is 0 Å². The number of nitrogens with zero attached hydrogens (tertiary/aromatic N) is 2. The molecular weight excluding hydrogens is 218 g/mol. The largest absolute Gasteiger partial charge is 0.411 e. The predicted octanol–water partition coefficient (Wildman–Crippen LogP) is 2.58. The van der Waals surface area contributed by atoms with Gasteiger partial charge in [-0.05, 0) is 18.1 Å². The van der Waals surface area contributed by atoms with Crippen LogP contribution in [0.15, 0.2) is 12.4 Å². The number of hydrogen-bond donors (Lipinski definition) is 1. The molecule has 0 aromatic carbocycles. The maximum atomic E-state index is 6.03. The van der Waals surface area contributed by atoms with Crippen molar-refractivity contribution in [2.75, 3.05) is 5.73 Å². The van der Waals surface area contributed by atoms with E-state index in [-0.39, 0.29) is 5.04 Å². The fraction of sp³-hybridized carbons (Fsp3) is 0.636. The highest BCUT2D eigenvalue weighted by Crippen LogP contribution is 2.36. The third-order valence-corrected chi connectivity index (χ3v) is 7.61. The van der Waals surface area contributed by atoms with Gasteiger partial charge < -0.3 is 10.2 Å². The standard InChI is InChI=1S/C11H21N3OSi/c1-11(2,3)16(4,5)15-7-9-6-10(12)14-8-13-9/h6,8H,7H2,1-5H3,(H2,12,13,14). The monoisotopic (exact) mass is 239 g/mol. The Labute approximate surface area is 98.4 Å². The van der Waals surface area contributed by atoms with E-state index in [1.807, 2.05) is 0 Å². The predicted molar refractivity (Wildman–Crippen MR) is 68.4 cm³/mol. The molecule has 0 aliphatic rings. The van der Waals surface area contributed by atoms with Gasteiger partial charge in [-0.2, -0.15) is 0 Å². The molecule has 0 bridgehead atoms. The molecule has 1 aromatic heterocycles. The van der Waals surface area contributed by atoms with E-state index in [9.17, 15) is 0 Å². The fourth-order valence-electron chi connectivity index (χ4n) is 0.965. The summed E-state index contributed by atoms with van der Waals surface area (Å²) in [7, 11) is -1.71. The molecule has 0 radical (unpaired) electrons. The van der Waals surface area contributed by atoms with Crippen molar-refractivity contribution in [1.82, 2.24) is 9.97 Å². The zero-order chi connectivity index (χ0) is 12.4. The van der Waals surface area contributed by atoms with Crippen LogP contribution in [0.3, 0.4) is 0 Å². The second-order valence-corrected chi connectivity index (χ2v) is 10.3. The molecule has 5 heteroatoms. The second-order valence-electron chi connectivity index (χ2n) is 5.48. The van der Waals surface area contributed by atoms with Gasteiger partial charge in [0.2, 0.25) is 0 Å². The minimum Gasteiger partial charge on any atom is -0.411 e. The van der Waals surface area contributed by atoms with Crippen LogP contribution < -0.4 is 5.73 Å². The Morgan fingerprint density at radius 3 is 2.44 bits per heavy atom. The van der Waals surface area contributed by atoms with Crippen LogP contribution in [0.25, 0.3) is 0 Å². The van der Waals surface area contributed by atoms with E-state index >= 15 is 0 Å². The van der Waals surface area contributed by atoms with Crippen LogP contribution in [0.2, 0.25) is 18.1 Å². The lowest BCUT2D eigenvalue weighted by Crippen LogP contribution is -2.40. The van der Waals surface area contributed by atoms with Gasteiger partial charge in [-0.25, -0.2) is 9.97 Å². The molecule has 1 rings (SSSR count). The Morgan fingerprint density at radius 1 is 1.31 bits per heavy atom. The first-order valence-corrected chi connectivity index (χ1v) is 8.33. The average molecular weight is 239 g/mol. The molecular formula is C11H21N3OSi. The first-order valence-electron chi connectivity index (χ1n) is 5.43. The molecule has 0 saturated carbocycles. The summed E-state index contributed by atoms with van der Waals surface area (Å²) in [6, 6.07) is 1.76. The molecule has 0 fully saturated rings. The van der Waals surface area contributed by atoms with E-state index in [2.05, 4.69) is 43.8 Å². The highest BCUT2D eigenvalue weighted by Gasteiger charge is 2.37. The molecule has 16 heavy (non-hydrogen) atoms. The number of rotatable bonds is 3. The zero-order valence-electron chi connectivity index (χ0n) is 10.7. The molecule has 0 amide bonds. The molecule has 0 unspecified atom stereocenters. The van der Waals surface area contributed by atoms with Gasteiger partial charge in [0.25, 0.3) is 0 Å². The fourth-order valence-corrected chi connectivity index (χ4v) is 1.91. The van der Waals surface area contributed by atoms with Gasteiger partial charge in [0.05, 0.1) is 12.3 Å². The lowest BCUT2D eigenvalue weighted by atomic mass is 10.2. The van der Waals surface area contributed by atoms with Gasteiger partial charge >= 0.3 is 0 Å². The van der Waals surface area contributed by atoms with Gasteiger partial charge in [-0.1, -0.05) is 20.8 Å². The van der Waals surface area contributed by atoms with Crippen LogP contribution in [-0.2, 0) is 11.0 Å². The van der Waals surface area contributed by atoms with Crippen LogP contribution in [-0.4, -0.2) is 18.3 Å². The zero-order valence-corrected chi connectivity index (χ0v) is 11.7. The SMILES string of the molecule is CC(C)(C)[Si](C)(C)OCc1cc(N)ncn1. The molecule has 0 atom stereocenters. The van der Waals surface area contributed by atoms with Crippen molar-refractivity contribution in [3.63, 3.8) is 0 Å². The van der Waals surface area contributed by atoms with Crippen LogP contribution in [0.5, 0.6) is 0 Å². The van der Waals surface area contributed by atoms with Gasteiger partial charge in [0.15, 0.2) is 8.32 Å². The molecule has 90 valence electrons. The topological polar surface area (TPSA) is 61.0 Å². The van der Waals surface area contributed by atoms with E-state index in [0.29, 0.717) is 12.4 Å². The third-order valence-electron chi connectivity index (χ3n) is 3.13. The molecule has 0 spiro atoms. The van der Waals surface area contributed by atoms with Crippen LogP contribution in [0.1, 0.15) is 26.5 Å². The van der Waals surface area contributed by atoms with Crippen molar-refractivity contribution in [1.29, 1.82) is 0 Å². The Morgan fingerprint density at radius 2 is 1.94 bits per heavy atom. The van der Waals surface area contributed by atoms with E-state index < -0.39 is 8.32 Å². The smallest absolute Gasteiger partial charge is 0.192 e. The van der Waals surface area contributed by atoms with Crippen LogP contribution in [0, 0.1) is 0 Å². The Balaban J connectivity index is 2.65. The minimum atomic E-state index is -1.71. The van der Waals surface area contributed by atoms with Crippen molar-refractivity contribution in [2.24, 2.45) is 0 Å². The molecule has 4 nitrogen and oxygen atoms in total. The summed E-state index contributed by atoms with van der Waals surface area (Å²) in [5.41, 5.74) is 6.43. The van der Waals surface area contributed by atoms with E-state index in [0.717, 1.165) is 5.69 Å². The highest BCUT2D eigenvalue weighted by atomic mass is 28.4. The van der Waals surface area contributed by atoms with Crippen molar-refractivity contribution in [3.8, 4) is 0 Å². The molecule has 0 aliphatic heterocycles. The van der Waals surface area contributed by atoms with E-state index in [1.165, 1.54) is 6.33 Å². The lowest BCUT2D eigenvalue weighted by Gasteiger charge is -2.36. The molecule has 1 aromatic rings. The quantitative estimate of drug-likeness (QED) is 0.824. The average Bonchev–Trinajstić information content (AvgIpc) is 2.13. The number of nitrogens with two attached hydrogens (primary N) is 1. The van der Waals surface area contributed by atoms with Gasteiger partial charge in [-0.3, -0.25) is 0 Å².